The number of halogens is 2. The molecule has 10 heavy (non-hydrogen) atoms. The summed E-state index contributed by atoms with van der Waals surface area (Å²) in [5.41, 5.74) is -2.31. The molecule has 0 rings (SSSR count). The summed E-state index contributed by atoms with van der Waals surface area (Å²) in [6.45, 7) is 0.835. The van der Waals surface area contributed by atoms with E-state index in [9.17, 15) is 13.6 Å². The second-order valence-corrected chi connectivity index (χ2v) is 2.17. The van der Waals surface area contributed by atoms with Gasteiger partial charge in [-0.1, -0.05) is 0 Å². The van der Waals surface area contributed by atoms with Gasteiger partial charge in [-0.2, -0.15) is 0 Å². The van der Waals surface area contributed by atoms with E-state index < -0.39 is 24.4 Å². The van der Waals surface area contributed by atoms with Gasteiger partial charge in [0.1, 0.15) is 0 Å². The molecule has 3 nitrogen and oxygen atoms in total. The van der Waals surface area contributed by atoms with Crippen molar-refractivity contribution in [3.63, 3.8) is 0 Å². The van der Waals surface area contributed by atoms with E-state index in [0.717, 1.165) is 6.92 Å². The zero-order valence-corrected chi connectivity index (χ0v) is 5.34. The summed E-state index contributed by atoms with van der Waals surface area (Å²) < 4.78 is 22.9. The van der Waals surface area contributed by atoms with E-state index in [1.54, 1.807) is 0 Å². The molecule has 0 fully saturated rings. The molecule has 0 aromatic rings. The molecule has 0 radical (unpaired) electrons. The first-order chi connectivity index (χ1) is 4.36. The van der Waals surface area contributed by atoms with Gasteiger partial charge in [0.15, 0.2) is 5.60 Å². The van der Waals surface area contributed by atoms with E-state index in [-0.39, 0.29) is 0 Å². The van der Waals surface area contributed by atoms with Crippen molar-refractivity contribution >= 4 is 5.97 Å². The number of aliphatic carboxylic acids is 1. The van der Waals surface area contributed by atoms with Crippen LogP contribution in [0.4, 0.5) is 8.78 Å². The van der Waals surface area contributed by atoms with Gasteiger partial charge in [-0.25, -0.2) is 13.6 Å². The van der Waals surface area contributed by atoms with Crippen molar-refractivity contribution in [1.29, 1.82) is 0 Å². The normalized spacial score (nSPS) is 16.9. The van der Waals surface area contributed by atoms with Crippen molar-refractivity contribution in [3.8, 4) is 0 Å². The van der Waals surface area contributed by atoms with Crippen LogP contribution >= 0.6 is 0 Å². The highest BCUT2D eigenvalue weighted by molar-refractivity contribution is 5.76. The molecular weight excluding hydrogens is 146 g/mol. The molecule has 0 bridgehead atoms. The summed E-state index contributed by atoms with van der Waals surface area (Å²) in [5.74, 6) is -1.63. The van der Waals surface area contributed by atoms with Gasteiger partial charge < -0.3 is 10.2 Å². The SMILES string of the molecule is C[C@](O)(CC(F)F)C(=O)O. The number of rotatable bonds is 3. The van der Waals surface area contributed by atoms with E-state index in [4.69, 9.17) is 10.2 Å². The zero-order valence-electron chi connectivity index (χ0n) is 5.34. The van der Waals surface area contributed by atoms with Gasteiger partial charge in [0.05, 0.1) is 0 Å². The van der Waals surface area contributed by atoms with Gasteiger partial charge in [0, 0.05) is 6.42 Å². The quantitative estimate of drug-likeness (QED) is 0.621. The molecule has 0 aliphatic carbocycles. The summed E-state index contributed by atoms with van der Waals surface area (Å²) in [7, 11) is 0. The van der Waals surface area contributed by atoms with Gasteiger partial charge in [0.2, 0.25) is 6.43 Å². The predicted octanol–water partition coefficient (Wildman–Crippen LogP) is 0.477. The fourth-order valence-corrected chi connectivity index (χ4v) is 0.388. The summed E-state index contributed by atoms with van der Waals surface area (Å²) in [5, 5.41) is 16.8. The molecule has 0 aliphatic heterocycles. The smallest absolute Gasteiger partial charge is 0.335 e. The standard InChI is InChI=1S/C5H8F2O3/c1-5(10,4(8)9)2-3(6)7/h3,10H,2H2,1H3,(H,8,9)/t5-/m0/s1. The molecule has 0 saturated carbocycles. The van der Waals surface area contributed by atoms with Crippen LogP contribution in [0.1, 0.15) is 13.3 Å². The molecule has 0 heterocycles. The van der Waals surface area contributed by atoms with Crippen LogP contribution in [0.3, 0.4) is 0 Å². The van der Waals surface area contributed by atoms with Gasteiger partial charge in [-0.3, -0.25) is 0 Å². The first-order valence-corrected chi connectivity index (χ1v) is 2.60. The fraction of sp³-hybridized carbons (Fsp3) is 0.800. The Morgan fingerprint density at radius 3 is 2.20 bits per heavy atom. The van der Waals surface area contributed by atoms with Crippen LogP contribution < -0.4 is 0 Å². The summed E-state index contributed by atoms with van der Waals surface area (Å²) >= 11 is 0. The number of alkyl halides is 2. The third-order valence-electron chi connectivity index (χ3n) is 1.01. The number of carboxylic acid groups (broad SMARTS) is 1. The van der Waals surface area contributed by atoms with Crippen LogP contribution in [0.15, 0.2) is 0 Å². The first kappa shape index (κ1) is 9.29. The second kappa shape index (κ2) is 2.92. The van der Waals surface area contributed by atoms with Gasteiger partial charge in [0.25, 0.3) is 0 Å². The van der Waals surface area contributed by atoms with Crippen molar-refractivity contribution in [1.82, 2.24) is 0 Å². The van der Waals surface area contributed by atoms with Crippen molar-refractivity contribution in [3.05, 3.63) is 0 Å². The Labute approximate surface area is 56.3 Å². The van der Waals surface area contributed by atoms with Gasteiger partial charge >= 0.3 is 5.97 Å². The maximum Gasteiger partial charge on any atom is 0.335 e. The summed E-state index contributed by atoms with van der Waals surface area (Å²) in [6, 6.07) is 0. The zero-order chi connectivity index (χ0) is 8.36. The minimum absolute atomic E-state index is 0.835. The molecule has 0 aromatic carbocycles. The molecule has 0 spiro atoms. The van der Waals surface area contributed by atoms with Crippen molar-refractivity contribution in [2.24, 2.45) is 0 Å². The van der Waals surface area contributed by atoms with Gasteiger partial charge in [-0.15, -0.1) is 0 Å². The number of carbonyl (C=O) groups is 1. The van der Waals surface area contributed by atoms with E-state index in [0.29, 0.717) is 0 Å². The average Bonchev–Trinajstić information content (AvgIpc) is 1.60. The van der Waals surface area contributed by atoms with Gasteiger partial charge in [-0.05, 0) is 6.92 Å². The number of carboxylic acids is 1. The minimum atomic E-state index is -2.80. The van der Waals surface area contributed by atoms with E-state index >= 15 is 0 Å². The number of hydrogen-bond donors (Lipinski definition) is 2. The van der Waals surface area contributed by atoms with Crippen molar-refractivity contribution < 1.29 is 23.8 Å². The Morgan fingerprint density at radius 2 is 2.10 bits per heavy atom. The molecule has 0 aliphatic rings. The van der Waals surface area contributed by atoms with Crippen LogP contribution in [-0.4, -0.2) is 28.2 Å². The topological polar surface area (TPSA) is 57.5 Å². The molecule has 1 atom stereocenters. The van der Waals surface area contributed by atoms with Crippen LogP contribution in [0.5, 0.6) is 0 Å². The minimum Gasteiger partial charge on any atom is -0.479 e. The Hall–Kier alpha value is -0.710. The van der Waals surface area contributed by atoms with Crippen LogP contribution in [0.25, 0.3) is 0 Å². The Bertz CT molecular complexity index is 133. The van der Waals surface area contributed by atoms with Crippen LogP contribution in [0, 0.1) is 0 Å². The predicted molar refractivity (Wildman–Crippen MR) is 28.9 cm³/mol. The lowest BCUT2D eigenvalue weighted by molar-refractivity contribution is -0.160. The Balaban J connectivity index is 4.00. The summed E-state index contributed by atoms with van der Waals surface area (Å²) in [6.07, 6.45) is -3.84. The highest BCUT2D eigenvalue weighted by Crippen LogP contribution is 2.14. The molecule has 2 N–H and O–H groups in total. The maximum atomic E-state index is 11.5. The number of hydrogen-bond acceptors (Lipinski definition) is 2. The van der Waals surface area contributed by atoms with Crippen molar-refractivity contribution in [2.45, 2.75) is 25.4 Å². The maximum absolute atomic E-state index is 11.5. The monoisotopic (exact) mass is 154 g/mol. The molecule has 60 valence electrons. The highest BCUT2D eigenvalue weighted by atomic mass is 19.3. The van der Waals surface area contributed by atoms with Crippen molar-refractivity contribution in [2.75, 3.05) is 0 Å². The fourth-order valence-electron chi connectivity index (χ4n) is 0.388. The third kappa shape index (κ3) is 2.72. The largest absolute Gasteiger partial charge is 0.479 e. The molecule has 5 heteroatoms. The molecular formula is C5H8F2O3. The Kier molecular flexibility index (Phi) is 2.71. The van der Waals surface area contributed by atoms with E-state index in [1.165, 1.54) is 0 Å². The lowest BCUT2D eigenvalue weighted by Gasteiger charge is -2.16. The second-order valence-electron chi connectivity index (χ2n) is 2.17. The van der Waals surface area contributed by atoms with Crippen LogP contribution in [0.2, 0.25) is 0 Å². The lowest BCUT2D eigenvalue weighted by atomic mass is 10.0. The number of aliphatic hydroxyl groups is 1. The molecule has 0 unspecified atom stereocenters. The summed E-state index contributed by atoms with van der Waals surface area (Å²) in [4.78, 5) is 9.97. The molecule has 0 aromatic heterocycles. The molecule has 0 saturated heterocycles. The average molecular weight is 154 g/mol. The lowest BCUT2D eigenvalue weighted by Crippen LogP contribution is -2.36. The van der Waals surface area contributed by atoms with E-state index in [2.05, 4.69) is 0 Å². The Morgan fingerprint density at radius 1 is 1.70 bits per heavy atom. The third-order valence-corrected chi connectivity index (χ3v) is 1.01. The highest BCUT2D eigenvalue weighted by Gasteiger charge is 2.33. The van der Waals surface area contributed by atoms with E-state index in [1.807, 2.05) is 0 Å². The van der Waals surface area contributed by atoms with Crippen LogP contribution in [-0.2, 0) is 4.79 Å². The molecule has 0 amide bonds. The first-order valence-electron chi connectivity index (χ1n) is 2.60.